The number of benzene rings is 2. The van der Waals surface area contributed by atoms with Gasteiger partial charge in [0.2, 0.25) is 0 Å². The van der Waals surface area contributed by atoms with E-state index >= 15 is 0 Å². The van der Waals surface area contributed by atoms with Crippen LogP contribution in [0.5, 0.6) is 0 Å². The van der Waals surface area contributed by atoms with Crippen LogP contribution in [0.2, 0.25) is 0 Å². The minimum absolute atomic E-state index is 0.00751. The molecule has 0 amide bonds. The molecule has 0 saturated heterocycles. The van der Waals surface area contributed by atoms with Crippen molar-refractivity contribution in [3.05, 3.63) is 77.0 Å². The summed E-state index contributed by atoms with van der Waals surface area (Å²) in [7, 11) is 0. The quantitative estimate of drug-likeness (QED) is 0.603. The lowest BCUT2D eigenvalue weighted by atomic mass is 10.0. The molecule has 0 atom stereocenters. The van der Waals surface area contributed by atoms with Crippen molar-refractivity contribution in [2.24, 2.45) is 0 Å². The second kappa shape index (κ2) is 7.08. The summed E-state index contributed by atoms with van der Waals surface area (Å²) >= 11 is 0. The van der Waals surface area contributed by atoms with Crippen molar-refractivity contribution >= 4 is 11.5 Å². The maximum absolute atomic E-state index is 12.1. The van der Waals surface area contributed by atoms with E-state index in [4.69, 9.17) is 0 Å². The number of carbonyl (C=O) groups is 1. The van der Waals surface area contributed by atoms with Gasteiger partial charge in [-0.2, -0.15) is 0 Å². The van der Waals surface area contributed by atoms with Crippen LogP contribution in [-0.4, -0.2) is 5.78 Å². The molecule has 114 valence electrons. The third-order valence-corrected chi connectivity index (χ3v) is 3.73. The number of hydrogen-bond donors (Lipinski definition) is 1. The molecular weight excluding hydrogens is 270 g/mol. The first-order valence-electron chi connectivity index (χ1n) is 7.62. The van der Waals surface area contributed by atoms with E-state index < -0.39 is 0 Å². The molecule has 2 rings (SSSR count). The second-order valence-corrected chi connectivity index (χ2v) is 5.94. The number of hydrogen-bond acceptors (Lipinski definition) is 2. The van der Waals surface area contributed by atoms with E-state index in [0.29, 0.717) is 11.5 Å². The monoisotopic (exact) mass is 293 g/mol. The Morgan fingerprint density at radius 3 is 2.36 bits per heavy atom. The highest BCUT2D eigenvalue weighted by molar-refractivity contribution is 6.04. The van der Waals surface area contributed by atoms with Gasteiger partial charge in [0.25, 0.3) is 0 Å². The van der Waals surface area contributed by atoms with Crippen LogP contribution in [0.15, 0.2) is 54.7 Å². The van der Waals surface area contributed by atoms with Gasteiger partial charge in [0, 0.05) is 23.5 Å². The Morgan fingerprint density at radius 1 is 1.05 bits per heavy atom. The van der Waals surface area contributed by atoms with Crippen LogP contribution < -0.4 is 5.32 Å². The number of aryl methyl sites for hydroxylation is 2. The zero-order valence-corrected chi connectivity index (χ0v) is 13.7. The molecular formula is C20H23NO. The highest BCUT2D eigenvalue weighted by Gasteiger charge is 2.03. The lowest BCUT2D eigenvalue weighted by molar-refractivity contribution is 0.104. The standard InChI is InChI=1S/C20H23NO/c1-14(2)17-7-9-18(10-8-17)20(22)11-12-21-19-13-15(3)5-6-16(19)4/h5-14,21H,1-4H3. The van der Waals surface area contributed by atoms with E-state index in [1.54, 1.807) is 12.3 Å². The van der Waals surface area contributed by atoms with E-state index in [-0.39, 0.29) is 5.78 Å². The summed E-state index contributed by atoms with van der Waals surface area (Å²) in [4.78, 5) is 12.1. The third kappa shape index (κ3) is 4.08. The molecule has 22 heavy (non-hydrogen) atoms. The second-order valence-electron chi connectivity index (χ2n) is 5.94. The van der Waals surface area contributed by atoms with Crippen molar-refractivity contribution in [2.75, 3.05) is 5.32 Å². The van der Waals surface area contributed by atoms with Crippen LogP contribution in [0.4, 0.5) is 5.69 Å². The Labute approximate surface area is 132 Å². The average Bonchev–Trinajstić information content (AvgIpc) is 2.50. The maximum Gasteiger partial charge on any atom is 0.187 e. The molecule has 2 aromatic carbocycles. The van der Waals surface area contributed by atoms with Crippen LogP contribution in [0.3, 0.4) is 0 Å². The smallest absolute Gasteiger partial charge is 0.187 e. The number of nitrogens with one attached hydrogen (secondary N) is 1. The van der Waals surface area contributed by atoms with Crippen LogP contribution in [0.25, 0.3) is 0 Å². The van der Waals surface area contributed by atoms with Gasteiger partial charge in [-0.25, -0.2) is 0 Å². The van der Waals surface area contributed by atoms with Gasteiger partial charge in [-0.05, 0) is 42.5 Å². The molecule has 2 nitrogen and oxygen atoms in total. The van der Waals surface area contributed by atoms with Gasteiger partial charge in [0.05, 0.1) is 0 Å². The molecule has 2 aromatic rings. The van der Waals surface area contributed by atoms with E-state index in [2.05, 4.69) is 44.3 Å². The van der Waals surface area contributed by atoms with E-state index in [0.717, 1.165) is 11.3 Å². The number of allylic oxidation sites excluding steroid dienone is 1. The number of ketones is 1. The van der Waals surface area contributed by atoms with Crippen LogP contribution in [-0.2, 0) is 0 Å². The van der Waals surface area contributed by atoms with Gasteiger partial charge in [0.1, 0.15) is 0 Å². The first kappa shape index (κ1) is 16.0. The molecule has 0 saturated carbocycles. The SMILES string of the molecule is Cc1ccc(C)c(NC=CC(=O)c2ccc(C(C)C)cc2)c1. The molecule has 2 heteroatoms. The van der Waals surface area contributed by atoms with Gasteiger partial charge < -0.3 is 5.32 Å². The molecule has 0 aromatic heterocycles. The molecule has 0 heterocycles. The maximum atomic E-state index is 12.1. The molecule has 0 spiro atoms. The lowest BCUT2D eigenvalue weighted by Crippen LogP contribution is -1.98. The molecule has 0 aliphatic rings. The lowest BCUT2D eigenvalue weighted by Gasteiger charge is -2.07. The first-order valence-corrected chi connectivity index (χ1v) is 7.62. The summed E-state index contributed by atoms with van der Waals surface area (Å²) in [6.45, 7) is 8.38. The molecule has 0 unspecified atom stereocenters. The minimum Gasteiger partial charge on any atom is -0.361 e. The number of anilines is 1. The van der Waals surface area contributed by atoms with Crippen LogP contribution in [0, 0.1) is 13.8 Å². The fourth-order valence-electron chi connectivity index (χ4n) is 2.23. The normalized spacial score (nSPS) is 11.1. The number of rotatable bonds is 5. The summed E-state index contributed by atoms with van der Waals surface area (Å²) in [6.07, 6.45) is 3.28. The molecule has 0 aliphatic carbocycles. The Bertz CT molecular complexity index is 681. The van der Waals surface area contributed by atoms with Gasteiger partial charge in [0.15, 0.2) is 5.78 Å². The molecule has 1 N–H and O–H groups in total. The van der Waals surface area contributed by atoms with Crippen molar-refractivity contribution in [3.8, 4) is 0 Å². The topological polar surface area (TPSA) is 29.1 Å². The minimum atomic E-state index is 0.00751. The summed E-state index contributed by atoms with van der Waals surface area (Å²) in [5.74, 6) is 0.485. The predicted octanol–water partition coefficient (Wildman–Crippen LogP) is 5.24. The van der Waals surface area contributed by atoms with E-state index in [1.807, 2.05) is 31.2 Å². The van der Waals surface area contributed by atoms with Crippen molar-refractivity contribution in [1.82, 2.24) is 0 Å². The first-order chi connectivity index (χ1) is 10.5. The van der Waals surface area contributed by atoms with Crippen molar-refractivity contribution < 1.29 is 4.79 Å². The van der Waals surface area contributed by atoms with Crippen molar-refractivity contribution in [3.63, 3.8) is 0 Å². The summed E-state index contributed by atoms with van der Waals surface area (Å²) in [5.41, 5.74) is 5.33. The van der Waals surface area contributed by atoms with Gasteiger partial charge in [-0.3, -0.25) is 4.79 Å². The van der Waals surface area contributed by atoms with E-state index in [9.17, 15) is 4.79 Å². The zero-order chi connectivity index (χ0) is 16.1. The Morgan fingerprint density at radius 2 is 1.73 bits per heavy atom. The fraction of sp³-hybridized carbons (Fsp3) is 0.250. The predicted molar refractivity (Wildman–Crippen MR) is 93.5 cm³/mol. The Kier molecular flexibility index (Phi) is 5.16. The Balaban J connectivity index is 2.03. The molecule has 0 fully saturated rings. The molecule has 0 aliphatic heterocycles. The third-order valence-electron chi connectivity index (χ3n) is 3.73. The fourth-order valence-corrected chi connectivity index (χ4v) is 2.23. The van der Waals surface area contributed by atoms with E-state index in [1.165, 1.54) is 11.1 Å². The van der Waals surface area contributed by atoms with Crippen molar-refractivity contribution in [2.45, 2.75) is 33.6 Å². The highest BCUT2D eigenvalue weighted by Crippen LogP contribution is 2.17. The average molecular weight is 293 g/mol. The summed E-state index contributed by atoms with van der Waals surface area (Å²) < 4.78 is 0. The Hall–Kier alpha value is -2.35. The largest absolute Gasteiger partial charge is 0.361 e. The van der Waals surface area contributed by atoms with Gasteiger partial charge in [-0.1, -0.05) is 50.2 Å². The van der Waals surface area contributed by atoms with Gasteiger partial charge >= 0.3 is 0 Å². The summed E-state index contributed by atoms with van der Waals surface area (Å²) in [6, 6.07) is 14.0. The molecule has 0 bridgehead atoms. The summed E-state index contributed by atoms with van der Waals surface area (Å²) in [5, 5.41) is 3.18. The van der Waals surface area contributed by atoms with Gasteiger partial charge in [-0.15, -0.1) is 0 Å². The van der Waals surface area contributed by atoms with Crippen LogP contribution in [0.1, 0.15) is 46.8 Å². The highest BCUT2D eigenvalue weighted by atomic mass is 16.1. The zero-order valence-electron chi connectivity index (χ0n) is 13.7. The molecule has 0 radical (unpaired) electrons. The number of carbonyl (C=O) groups excluding carboxylic acids is 1. The van der Waals surface area contributed by atoms with Crippen LogP contribution >= 0.6 is 0 Å². The van der Waals surface area contributed by atoms with Crippen molar-refractivity contribution in [1.29, 1.82) is 0 Å².